The van der Waals surface area contributed by atoms with Crippen molar-refractivity contribution in [2.75, 3.05) is 18.1 Å². The Kier molecular flexibility index (Phi) is 8.45. The number of esters is 1. The van der Waals surface area contributed by atoms with Gasteiger partial charge in [0.25, 0.3) is 5.91 Å². The maximum Gasteiger partial charge on any atom is 0.338 e. The fourth-order valence-corrected chi connectivity index (χ4v) is 3.62. The van der Waals surface area contributed by atoms with Gasteiger partial charge in [0.1, 0.15) is 0 Å². The summed E-state index contributed by atoms with van der Waals surface area (Å²) in [5.41, 5.74) is 1.03. The molecule has 0 saturated carbocycles. The molecule has 10 heteroatoms. The number of nitro benzene ring substituents is 1. The molecule has 0 radical (unpaired) electrons. The Hall–Kier alpha value is -3.62. The lowest BCUT2D eigenvalue weighted by Crippen LogP contribution is -2.34. The van der Waals surface area contributed by atoms with Crippen LogP contribution in [0.15, 0.2) is 66.7 Å². The summed E-state index contributed by atoms with van der Waals surface area (Å²) in [7, 11) is 0. The second-order valence-electron chi connectivity index (χ2n) is 6.96. The number of benzene rings is 3. The van der Waals surface area contributed by atoms with Crippen molar-refractivity contribution in [2.24, 2.45) is 0 Å². The van der Waals surface area contributed by atoms with Crippen LogP contribution in [0.25, 0.3) is 0 Å². The summed E-state index contributed by atoms with van der Waals surface area (Å²) < 4.78 is 10.5. The van der Waals surface area contributed by atoms with E-state index in [0.717, 1.165) is 0 Å². The van der Waals surface area contributed by atoms with Gasteiger partial charge >= 0.3 is 11.7 Å². The zero-order chi connectivity index (χ0) is 24.7. The van der Waals surface area contributed by atoms with Crippen molar-refractivity contribution < 1.29 is 24.0 Å². The van der Waals surface area contributed by atoms with Crippen LogP contribution in [-0.2, 0) is 16.1 Å². The number of carbonyl (C=O) groups is 2. The number of halogens is 2. The molecule has 3 rings (SSSR count). The van der Waals surface area contributed by atoms with Crippen LogP contribution in [-0.4, -0.2) is 30.0 Å². The molecule has 3 aromatic carbocycles. The first-order valence-electron chi connectivity index (χ1n) is 10.2. The van der Waals surface area contributed by atoms with Gasteiger partial charge in [-0.2, -0.15) is 0 Å². The summed E-state index contributed by atoms with van der Waals surface area (Å²) in [5.74, 6) is -1.02. The number of anilines is 1. The van der Waals surface area contributed by atoms with Crippen LogP contribution < -0.4 is 9.64 Å². The van der Waals surface area contributed by atoms with Gasteiger partial charge in [-0.15, -0.1) is 0 Å². The second-order valence-corrected chi connectivity index (χ2v) is 7.78. The SMILES string of the molecule is CCOC(=O)c1ccc(N(Cc2c(Cl)cccc2Cl)C(=O)COc2ccccc2[N+](=O)[O-])cc1. The highest BCUT2D eigenvalue weighted by atomic mass is 35.5. The van der Waals surface area contributed by atoms with Crippen molar-refractivity contribution in [1.29, 1.82) is 0 Å². The molecule has 0 unspecified atom stereocenters. The molecule has 0 bridgehead atoms. The smallest absolute Gasteiger partial charge is 0.338 e. The van der Waals surface area contributed by atoms with E-state index in [-0.39, 0.29) is 24.6 Å². The van der Waals surface area contributed by atoms with E-state index in [2.05, 4.69) is 0 Å². The number of para-hydroxylation sites is 2. The first kappa shape index (κ1) is 25.0. The predicted molar refractivity (Wildman–Crippen MR) is 129 cm³/mol. The average molecular weight is 503 g/mol. The minimum absolute atomic E-state index is 0.0103. The molecule has 0 fully saturated rings. The Morgan fingerprint density at radius 3 is 2.24 bits per heavy atom. The first-order chi connectivity index (χ1) is 16.3. The third kappa shape index (κ3) is 6.03. The van der Waals surface area contributed by atoms with Gasteiger partial charge in [0.2, 0.25) is 0 Å². The number of rotatable bonds is 9. The third-order valence-electron chi connectivity index (χ3n) is 4.78. The maximum atomic E-state index is 13.2. The van der Waals surface area contributed by atoms with Gasteiger partial charge < -0.3 is 14.4 Å². The lowest BCUT2D eigenvalue weighted by molar-refractivity contribution is -0.385. The van der Waals surface area contributed by atoms with E-state index in [4.69, 9.17) is 32.7 Å². The molecule has 1 amide bonds. The molecule has 0 saturated heterocycles. The number of hydrogen-bond donors (Lipinski definition) is 0. The van der Waals surface area contributed by atoms with Crippen molar-refractivity contribution in [2.45, 2.75) is 13.5 Å². The highest BCUT2D eigenvalue weighted by Crippen LogP contribution is 2.29. The molecule has 0 aliphatic heterocycles. The van der Waals surface area contributed by atoms with Gasteiger partial charge in [-0.3, -0.25) is 14.9 Å². The normalized spacial score (nSPS) is 10.4. The van der Waals surface area contributed by atoms with E-state index in [1.165, 1.54) is 35.2 Å². The van der Waals surface area contributed by atoms with Crippen molar-refractivity contribution in [3.05, 3.63) is 98.0 Å². The summed E-state index contributed by atoms with van der Waals surface area (Å²) in [6, 6.07) is 17.0. The Balaban J connectivity index is 1.89. The minimum Gasteiger partial charge on any atom is -0.477 e. The van der Waals surface area contributed by atoms with Crippen LogP contribution in [0.2, 0.25) is 10.0 Å². The average Bonchev–Trinajstić information content (AvgIpc) is 2.83. The summed E-state index contributed by atoms with van der Waals surface area (Å²) in [5, 5.41) is 12.0. The lowest BCUT2D eigenvalue weighted by Gasteiger charge is -2.24. The van der Waals surface area contributed by atoms with Gasteiger partial charge in [0.15, 0.2) is 12.4 Å². The molecule has 0 aromatic heterocycles. The number of carbonyl (C=O) groups excluding carboxylic acids is 2. The van der Waals surface area contributed by atoms with Crippen LogP contribution in [0.4, 0.5) is 11.4 Å². The Morgan fingerprint density at radius 1 is 0.971 bits per heavy atom. The van der Waals surface area contributed by atoms with Crippen LogP contribution in [0, 0.1) is 10.1 Å². The van der Waals surface area contributed by atoms with Crippen molar-refractivity contribution >= 4 is 46.5 Å². The lowest BCUT2D eigenvalue weighted by atomic mass is 10.1. The van der Waals surface area contributed by atoms with E-state index < -0.39 is 23.4 Å². The van der Waals surface area contributed by atoms with Gasteiger partial charge in [-0.05, 0) is 49.4 Å². The molecule has 0 aliphatic carbocycles. The Morgan fingerprint density at radius 2 is 1.62 bits per heavy atom. The molecule has 0 N–H and O–H groups in total. The maximum absolute atomic E-state index is 13.2. The molecule has 8 nitrogen and oxygen atoms in total. The largest absolute Gasteiger partial charge is 0.477 e. The van der Waals surface area contributed by atoms with Crippen LogP contribution >= 0.6 is 23.2 Å². The fourth-order valence-electron chi connectivity index (χ4n) is 3.10. The molecule has 0 spiro atoms. The Bertz CT molecular complexity index is 1180. The number of nitrogens with zero attached hydrogens (tertiary/aromatic N) is 2. The van der Waals surface area contributed by atoms with Crippen molar-refractivity contribution in [1.82, 2.24) is 0 Å². The highest BCUT2D eigenvalue weighted by Gasteiger charge is 2.22. The van der Waals surface area contributed by atoms with E-state index >= 15 is 0 Å². The van der Waals surface area contributed by atoms with Crippen LogP contribution in [0.1, 0.15) is 22.8 Å². The fraction of sp³-hybridized carbons (Fsp3) is 0.167. The van der Waals surface area contributed by atoms with E-state index in [9.17, 15) is 19.7 Å². The number of nitro groups is 1. The summed E-state index contributed by atoms with van der Waals surface area (Å²) >= 11 is 12.6. The standard InChI is InChI=1S/C24H20Cl2N2O6/c1-2-33-24(30)16-10-12-17(13-11-16)27(14-18-19(25)6-5-7-20(18)26)23(29)15-34-22-9-4-3-8-21(22)28(31)32/h3-13H,2,14-15H2,1H3. The van der Waals surface area contributed by atoms with Crippen LogP contribution in [0.3, 0.4) is 0 Å². The molecular formula is C24H20Cl2N2O6. The highest BCUT2D eigenvalue weighted by molar-refractivity contribution is 6.36. The monoisotopic (exact) mass is 502 g/mol. The molecule has 3 aromatic rings. The zero-order valence-corrected chi connectivity index (χ0v) is 19.6. The molecule has 176 valence electrons. The number of ether oxygens (including phenoxy) is 2. The molecule has 0 aliphatic rings. The predicted octanol–water partition coefficient (Wildman–Crippen LogP) is 5.69. The van der Waals surface area contributed by atoms with Gasteiger partial charge in [-0.25, -0.2) is 4.79 Å². The van der Waals surface area contributed by atoms with Crippen molar-refractivity contribution in [3.8, 4) is 5.75 Å². The minimum atomic E-state index is -0.588. The van der Waals surface area contributed by atoms with Gasteiger partial charge in [-0.1, -0.05) is 41.4 Å². The molecule has 0 atom stereocenters. The topological polar surface area (TPSA) is 99.0 Å². The van der Waals surface area contributed by atoms with E-state index in [0.29, 0.717) is 26.9 Å². The second kappa shape index (κ2) is 11.5. The van der Waals surface area contributed by atoms with E-state index in [1.807, 2.05) is 0 Å². The zero-order valence-electron chi connectivity index (χ0n) is 18.1. The first-order valence-corrected chi connectivity index (χ1v) is 10.9. The molecule has 34 heavy (non-hydrogen) atoms. The molecule has 0 heterocycles. The quantitative estimate of drug-likeness (QED) is 0.211. The van der Waals surface area contributed by atoms with Crippen molar-refractivity contribution in [3.63, 3.8) is 0 Å². The Labute approximate surface area is 205 Å². The number of hydrogen-bond acceptors (Lipinski definition) is 6. The number of amides is 1. The van der Waals surface area contributed by atoms with Gasteiger partial charge in [0, 0.05) is 27.4 Å². The third-order valence-corrected chi connectivity index (χ3v) is 5.49. The summed E-state index contributed by atoms with van der Waals surface area (Å²) in [6.45, 7) is 1.47. The van der Waals surface area contributed by atoms with Crippen LogP contribution in [0.5, 0.6) is 5.75 Å². The summed E-state index contributed by atoms with van der Waals surface area (Å²) in [6.07, 6.45) is 0. The molecular weight excluding hydrogens is 483 g/mol. The van der Waals surface area contributed by atoms with Gasteiger partial charge in [0.05, 0.1) is 23.6 Å². The summed E-state index contributed by atoms with van der Waals surface area (Å²) in [4.78, 5) is 37.2. The van der Waals surface area contributed by atoms with E-state index in [1.54, 1.807) is 43.3 Å².